The molecule has 4 atom stereocenters. The summed E-state index contributed by atoms with van der Waals surface area (Å²) < 4.78 is 2.42. The summed E-state index contributed by atoms with van der Waals surface area (Å²) in [6, 6.07) is -0.0551. The molecule has 2 aromatic rings. The molecule has 0 amide bonds. The maximum Gasteiger partial charge on any atom is 0.230 e. The van der Waals surface area contributed by atoms with E-state index in [9.17, 15) is 0 Å². The second-order valence-corrected chi connectivity index (χ2v) is 16.3. The Morgan fingerprint density at radius 2 is 1.64 bits per heavy atom. The largest absolute Gasteiger partial charge is 0.327 e. The molecule has 0 bridgehead atoms. The molecule has 9 rings (SSSR count). The van der Waals surface area contributed by atoms with E-state index in [-0.39, 0.29) is 35.3 Å². The van der Waals surface area contributed by atoms with Gasteiger partial charge in [0.15, 0.2) is 5.82 Å². The average molecular weight is 756 g/mol. The number of fused-ring (bicyclic) bond motifs is 6. The fourth-order valence-electron chi connectivity index (χ4n) is 9.72. The Bertz CT molecular complexity index is 2710. The zero-order valence-corrected chi connectivity index (χ0v) is 33.8. The van der Waals surface area contributed by atoms with Gasteiger partial charge in [-0.3, -0.25) is 0 Å². The van der Waals surface area contributed by atoms with Crippen molar-refractivity contribution < 1.29 is 0 Å². The lowest BCUT2D eigenvalue weighted by atomic mass is 9.73. The van der Waals surface area contributed by atoms with Gasteiger partial charge in [-0.25, -0.2) is 4.98 Å². The molecule has 0 radical (unpaired) electrons. The first-order valence-corrected chi connectivity index (χ1v) is 20.5. The maximum absolute atomic E-state index is 5.84. The summed E-state index contributed by atoms with van der Waals surface area (Å²) in [7, 11) is 0. The van der Waals surface area contributed by atoms with E-state index in [0.29, 0.717) is 11.8 Å². The van der Waals surface area contributed by atoms with Gasteiger partial charge < -0.3 is 9.47 Å². The van der Waals surface area contributed by atoms with Gasteiger partial charge in [-0.05, 0) is 78.9 Å². The number of anilines is 1. The van der Waals surface area contributed by atoms with E-state index in [0.717, 1.165) is 41.2 Å². The molecule has 6 aliphatic carbocycles. The molecule has 1 aliphatic heterocycles. The van der Waals surface area contributed by atoms with E-state index in [1.165, 1.54) is 32.9 Å². The van der Waals surface area contributed by atoms with Crippen LogP contribution in [-0.4, -0.2) is 31.6 Å². The first-order valence-electron chi connectivity index (χ1n) is 20.5. The summed E-state index contributed by atoms with van der Waals surface area (Å²) in [5.41, 5.74) is 9.70. The lowest BCUT2D eigenvalue weighted by Crippen LogP contribution is -2.43. The summed E-state index contributed by atoms with van der Waals surface area (Å²) in [6.45, 7) is 12.9. The van der Waals surface area contributed by atoms with Gasteiger partial charge in [0.25, 0.3) is 0 Å². The van der Waals surface area contributed by atoms with Crippen molar-refractivity contribution in [3.8, 4) is 12.3 Å². The van der Waals surface area contributed by atoms with E-state index in [1.807, 2.05) is 36.5 Å². The van der Waals surface area contributed by atoms with Crippen LogP contribution >= 0.6 is 0 Å². The Morgan fingerprint density at radius 1 is 0.879 bits per heavy atom. The first-order chi connectivity index (χ1) is 28.3. The molecule has 7 aliphatic rings. The molecular weight excluding hydrogens is 707 g/mol. The van der Waals surface area contributed by atoms with Crippen LogP contribution < -0.4 is 15.5 Å². The normalized spacial score (nSPS) is 25.2. The van der Waals surface area contributed by atoms with E-state index < -0.39 is 0 Å². The minimum atomic E-state index is -0.128. The number of hydrogen-bond acceptors (Lipinski definition) is 4. The van der Waals surface area contributed by atoms with Crippen LogP contribution in [-0.2, 0) is 0 Å². The summed E-state index contributed by atoms with van der Waals surface area (Å²) in [6.07, 6.45) is 62.3. The van der Waals surface area contributed by atoms with E-state index in [2.05, 4.69) is 159 Å². The predicted molar refractivity (Wildman–Crippen MR) is 242 cm³/mol. The Morgan fingerprint density at radius 3 is 2.45 bits per heavy atom. The highest BCUT2D eigenvalue weighted by molar-refractivity contribution is 5.75. The number of rotatable bonds is 7. The molecule has 1 saturated heterocycles. The lowest BCUT2D eigenvalue weighted by Gasteiger charge is -2.33. The van der Waals surface area contributed by atoms with Crippen LogP contribution in [0.1, 0.15) is 62.4 Å². The first kappa shape index (κ1) is 37.1. The third kappa shape index (κ3) is 6.25. The zero-order valence-electron chi connectivity index (χ0n) is 33.8. The van der Waals surface area contributed by atoms with Crippen LogP contribution in [0.2, 0.25) is 0 Å². The molecule has 0 N–H and O–H groups in total. The topological polar surface area (TPSA) is 46.8 Å². The molecule has 286 valence electrons. The quantitative estimate of drug-likeness (QED) is 0.209. The Hall–Kier alpha value is -6.51. The summed E-state index contributed by atoms with van der Waals surface area (Å²) >= 11 is 0. The van der Waals surface area contributed by atoms with Gasteiger partial charge in [0, 0.05) is 44.8 Å². The van der Waals surface area contributed by atoms with Crippen LogP contribution in [0.25, 0.3) is 29.5 Å². The minimum absolute atomic E-state index is 0.0114. The van der Waals surface area contributed by atoms with Gasteiger partial charge in [0.1, 0.15) is 5.82 Å². The van der Waals surface area contributed by atoms with Crippen molar-refractivity contribution in [2.24, 2.45) is 17.3 Å². The summed E-state index contributed by atoms with van der Waals surface area (Å²) in [5, 5.41) is 2.38. The SMILES string of the molecule is C#C/C=C\c1c(C)n(C2=CC=CCC=C2)c2c1=CC1[C@@H](C=2)[C@@H]2C=C3C(=CC2N1c1nc(/C(C)=C/C=C\C=C)nc(C2C=CC=CC=C2)n1)C1=C(C=CCC=C1)C3(C)C. The zero-order chi connectivity index (χ0) is 40.0. The monoisotopic (exact) mass is 755 g/mol. The van der Waals surface area contributed by atoms with Crippen molar-refractivity contribution in [1.29, 1.82) is 0 Å². The third-order valence-corrected chi connectivity index (χ3v) is 12.5. The van der Waals surface area contributed by atoms with Gasteiger partial charge in [0.2, 0.25) is 5.95 Å². The molecule has 0 saturated carbocycles. The van der Waals surface area contributed by atoms with Crippen LogP contribution in [0.4, 0.5) is 5.95 Å². The predicted octanol–water partition coefficient (Wildman–Crippen LogP) is 9.68. The van der Waals surface area contributed by atoms with Crippen LogP contribution in [0.15, 0.2) is 163 Å². The van der Waals surface area contributed by atoms with Crippen molar-refractivity contribution in [2.75, 3.05) is 4.90 Å². The molecule has 0 spiro atoms. The van der Waals surface area contributed by atoms with Gasteiger partial charge in [0.05, 0.1) is 18.0 Å². The molecule has 2 aromatic heterocycles. The van der Waals surface area contributed by atoms with Gasteiger partial charge in [-0.1, -0.05) is 154 Å². The summed E-state index contributed by atoms with van der Waals surface area (Å²) in [4.78, 5) is 18.4. The summed E-state index contributed by atoms with van der Waals surface area (Å²) in [5.74, 6) is 5.01. The molecule has 58 heavy (non-hydrogen) atoms. The van der Waals surface area contributed by atoms with Gasteiger partial charge >= 0.3 is 0 Å². The molecule has 3 heterocycles. The lowest BCUT2D eigenvalue weighted by molar-refractivity contribution is 0.516. The number of nitrogens with zero attached hydrogens (tertiary/aromatic N) is 5. The highest BCUT2D eigenvalue weighted by Crippen LogP contribution is 2.56. The minimum Gasteiger partial charge on any atom is -0.327 e. The maximum atomic E-state index is 5.84. The molecule has 0 aromatic carbocycles. The van der Waals surface area contributed by atoms with Crippen molar-refractivity contribution in [3.63, 3.8) is 0 Å². The Balaban J connectivity index is 1.31. The average Bonchev–Trinajstić information content (AvgIpc) is 3.49. The van der Waals surface area contributed by atoms with E-state index >= 15 is 0 Å². The van der Waals surface area contributed by atoms with Crippen LogP contribution in [0.3, 0.4) is 0 Å². The van der Waals surface area contributed by atoms with Crippen LogP contribution in [0, 0.1) is 36.5 Å². The van der Waals surface area contributed by atoms with Crippen LogP contribution in [0.5, 0.6) is 0 Å². The fraction of sp³-hybridized carbons (Fsp3) is 0.226. The smallest absolute Gasteiger partial charge is 0.230 e. The van der Waals surface area contributed by atoms with E-state index in [4.69, 9.17) is 21.4 Å². The standard InChI is InChI=1S/C53H49N5/c1-7-9-16-23-35(3)50-54-51(37-24-17-11-12-18-25-37)56-52(55-50)58-48-32-41-40-29-21-15-22-30-45(40)53(5,6)46(41)31-42(48)44-34-47-43(33-49(44)58)39(28-10-8-2)36(4)57(47)38-26-19-13-14-20-27-38/h2,7,9-13,16-34,37,42,44,48-49H,1,14-15H2,3-6H3/b16-9-,28-10-,35-23+/t42-,44-,48?,49?/m0/s1. The van der Waals surface area contributed by atoms with Crippen molar-refractivity contribution >= 4 is 35.4 Å². The molecule has 5 heteroatoms. The van der Waals surface area contributed by atoms with Gasteiger partial charge in [-0.15, -0.1) is 6.42 Å². The third-order valence-electron chi connectivity index (χ3n) is 12.5. The second-order valence-electron chi connectivity index (χ2n) is 16.3. The Kier molecular flexibility index (Phi) is 9.66. The number of hydrogen-bond donors (Lipinski definition) is 0. The number of terminal acetylenes is 1. The highest BCUT2D eigenvalue weighted by Gasteiger charge is 2.52. The van der Waals surface area contributed by atoms with E-state index in [1.54, 1.807) is 6.08 Å². The molecular formula is C53H49N5. The molecule has 2 unspecified atom stereocenters. The second kappa shape index (κ2) is 15.1. The molecule has 5 nitrogen and oxygen atoms in total. The fourth-order valence-corrected chi connectivity index (χ4v) is 9.72. The molecule has 1 fully saturated rings. The number of aromatic nitrogens is 4. The van der Waals surface area contributed by atoms with Crippen molar-refractivity contribution in [3.05, 3.63) is 196 Å². The highest BCUT2D eigenvalue weighted by atomic mass is 15.3. The van der Waals surface area contributed by atoms with Crippen molar-refractivity contribution in [1.82, 2.24) is 19.5 Å². The number of allylic oxidation sites excluding steroid dienone is 26. The Labute approximate surface area is 342 Å². The van der Waals surface area contributed by atoms with Gasteiger partial charge in [-0.2, -0.15) is 9.97 Å². The van der Waals surface area contributed by atoms with Crippen molar-refractivity contribution in [2.45, 2.75) is 58.5 Å².